The van der Waals surface area contributed by atoms with Crippen LogP contribution < -0.4 is 0 Å². The number of carbonyl (C=O) groups excluding carboxylic acids is 1. The zero-order valence-corrected chi connectivity index (χ0v) is 13.3. The van der Waals surface area contributed by atoms with E-state index in [1.54, 1.807) is 11.7 Å². The number of hydrogen-bond acceptors (Lipinski definition) is 4. The highest BCUT2D eigenvalue weighted by atomic mass is 35.5. The van der Waals surface area contributed by atoms with Crippen LogP contribution in [0.25, 0.3) is 0 Å². The fraction of sp³-hybridized carbons (Fsp3) is 0.714. The average molecular weight is 300 g/mol. The summed E-state index contributed by atoms with van der Waals surface area (Å²) in [6.45, 7) is 8.29. The molecule has 2 rings (SSSR count). The van der Waals surface area contributed by atoms with E-state index in [0.717, 1.165) is 17.8 Å². The van der Waals surface area contributed by atoms with Gasteiger partial charge in [-0.2, -0.15) is 5.10 Å². The monoisotopic (exact) mass is 299 g/mol. The normalized spacial score (nSPS) is 20.6. The van der Waals surface area contributed by atoms with Crippen molar-refractivity contribution in [3.63, 3.8) is 0 Å². The van der Waals surface area contributed by atoms with Crippen LogP contribution in [0.2, 0.25) is 5.15 Å². The molecule has 6 heteroatoms. The lowest BCUT2D eigenvalue weighted by Gasteiger charge is -2.34. The first kappa shape index (κ1) is 15.5. The van der Waals surface area contributed by atoms with Crippen molar-refractivity contribution in [1.82, 2.24) is 14.7 Å². The number of halogens is 1. The number of aryl methyl sites for hydroxylation is 2. The maximum absolute atomic E-state index is 12.4. The fourth-order valence-electron chi connectivity index (χ4n) is 2.50. The number of hydrogen-bond donors (Lipinski definition) is 0. The molecule has 1 aromatic rings. The van der Waals surface area contributed by atoms with Crippen LogP contribution in [-0.4, -0.2) is 52.3 Å². The van der Waals surface area contributed by atoms with Crippen molar-refractivity contribution >= 4 is 17.4 Å². The lowest BCUT2D eigenvalue weighted by molar-refractivity contribution is -0.136. The van der Waals surface area contributed by atoms with Crippen molar-refractivity contribution in [1.29, 1.82) is 0 Å². The van der Waals surface area contributed by atoms with Gasteiger partial charge in [0.05, 0.1) is 12.3 Å². The van der Waals surface area contributed by atoms with Gasteiger partial charge in [-0.1, -0.05) is 11.6 Å². The summed E-state index contributed by atoms with van der Waals surface area (Å²) in [7, 11) is 1.78. The van der Waals surface area contributed by atoms with Crippen LogP contribution in [0.1, 0.15) is 25.1 Å². The molecule has 1 aliphatic rings. The first-order valence-corrected chi connectivity index (χ1v) is 7.34. The van der Waals surface area contributed by atoms with Gasteiger partial charge in [0, 0.05) is 38.2 Å². The van der Waals surface area contributed by atoms with Crippen molar-refractivity contribution in [2.75, 3.05) is 19.7 Å². The summed E-state index contributed by atoms with van der Waals surface area (Å²) in [6, 6.07) is 0.429. The summed E-state index contributed by atoms with van der Waals surface area (Å²) >= 11 is 6.17. The third kappa shape index (κ3) is 3.22. The maximum Gasteiger partial charge on any atom is 0.167 e. The molecule has 1 aliphatic heterocycles. The first-order valence-electron chi connectivity index (χ1n) is 6.96. The van der Waals surface area contributed by atoms with Crippen molar-refractivity contribution in [2.24, 2.45) is 7.05 Å². The van der Waals surface area contributed by atoms with Gasteiger partial charge in [-0.3, -0.25) is 14.4 Å². The van der Waals surface area contributed by atoms with Crippen molar-refractivity contribution in [3.05, 3.63) is 16.4 Å². The molecule has 1 saturated heterocycles. The third-order valence-electron chi connectivity index (χ3n) is 3.81. The maximum atomic E-state index is 12.4. The van der Waals surface area contributed by atoms with Crippen LogP contribution in [0.5, 0.6) is 0 Å². The zero-order valence-electron chi connectivity index (χ0n) is 12.5. The van der Waals surface area contributed by atoms with E-state index in [-0.39, 0.29) is 18.3 Å². The Bertz CT molecular complexity index is 499. The molecule has 1 atom stereocenters. The molecular formula is C14H22ClN3O2. The number of nitrogens with zero attached hydrogens (tertiary/aromatic N) is 3. The molecule has 1 aromatic heterocycles. The van der Waals surface area contributed by atoms with Gasteiger partial charge in [-0.25, -0.2) is 0 Å². The van der Waals surface area contributed by atoms with E-state index >= 15 is 0 Å². The predicted octanol–water partition coefficient (Wildman–Crippen LogP) is 1.60. The first-order chi connectivity index (χ1) is 9.40. The molecule has 0 bridgehead atoms. The quantitative estimate of drug-likeness (QED) is 0.847. The number of aromatic nitrogens is 2. The van der Waals surface area contributed by atoms with Crippen LogP contribution >= 0.6 is 11.6 Å². The second-order valence-electron chi connectivity index (χ2n) is 5.57. The van der Waals surface area contributed by atoms with E-state index in [0.29, 0.717) is 24.3 Å². The lowest BCUT2D eigenvalue weighted by Crippen LogP contribution is -2.49. The molecule has 1 unspecified atom stereocenters. The van der Waals surface area contributed by atoms with Crippen LogP contribution in [0, 0.1) is 6.92 Å². The highest BCUT2D eigenvalue weighted by molar-refractivity contribution is 6.30. The van der Waals surface area contributed by atoms with Crippen LogP contribution in [0.3, 0.4) is 0 Å². The van der Waals surface area contributed by atoms with Crippen molar-refractivity contribution in [2.45, 2.75) is 39.3 Å². The minimum absolute atomic E-state index is 0.0772. The molecule has 0 radical (unpaired) electrons. The summed E-state index contributed by atoms with van der Waals surface area (Å²) in [5, 5.41) is 4.77. The lowest BCUT2D eigenvalue weighted by atomic mass is 10.0. The molecule has 112 valence electrons. The minimum atomic E-state index is -0.359. The summed E-state index contributed by atoms with van der Waals surface area (Å²) in [4.78, 5) is 14.7. The van der Waals surface area contributed by atoms with Gasteiger partial charge in [0.25, 0.3) is 0 Å². The predicted molar refractivity (Wildman–Crippen MR) is 78.1 cm³/mol. The highest BCUT2D eigenvalue weighted by Crippen LogP contribution is 2.21. The van der Waals surface area contributed by atoms with Gasteiger partial charge in [0.2, 0.25) is 0 Å². The number of Topliss-reactive ketones (excluding diaryl/α,β-unsaturated/α-hetero) is 1. The number of rotatable bonds is 4. The van der Waals surface area contributed by atoms with E-state index < -0.39 is 0 Å². The molecule has 0 N–H and O–H groups in total. The van der Waals surface area contributed by atoms with Gasteiger partial charge < -0.3 is 4.74 Å². The summed E-state index contributed by atoms with van der Waals surface area (Å²) in [5.41, 5.74) is 1.62. The summed E-state index contributed by atoms with van der Waals surface area (Å²) < 4.78 is 7.22. The Labute approximate surface area is 124 Å². The SMILES string of the molecule is Cc1nn(C)c(Cl)c1CC(=O)C1CN(C(C)C)CCO1. The smallest absolute Gasteiger partial charge is 0.167 e. The molecule has 1 fully saturated rings. The van der Waals surface area contributed by atoms with Crippen LogP contribution in [-0.2, 0) is 23.0 Å². The average Bonchev–Trinajstić information content (AvgIpc) is 2.65. The topological polar surface area (TPSA) is 47.4 Å². The van der Waals surface area contributed by atoms with Gasteiger partial charge in [-0.15, -0.1) is 0 Å². The molecule has 5 nitrogen and oxygen atoms in total. The van der Waals surface area contributed by atoms with Gasteiger partial charge >= 0.3 is 0 Å². The Morgan fingerprint density at radius 2 is 2.25 bits per heavy atom. The second-order valence-corrected chi connectivity index (χ2v) is 5.93. The summed E-state index contributed by atoms with van der Waals surface area (Å²) in [6.07, 6.45) is -0.0726. The Hall–Kier alpha value is -0.910. The van der Waals surface area contributed by atoms with Crippen LogP contribution in [0.4, 0.5) is 0 Å². The Balaban J connectivity index is 2.04. The van der Waals surface area contributed by atoms with E-state index in [1.807, 2.05) is 6.92 Å². The largest absolute Gasteiger partial charge is 0.368 e. The Morgan fingerprint density at radius 3 is 2.80 bits per heavy atom. The Kier molecular flexibility index (Phi) is 4.83. The van der Waals surface area contributed by atoms with E-state index in [2.05, 4.69) is 23.8 Å². The zero-order chi connectivity index (χ0) is 14.9. The van der Waals surface area contributed by atoms with Gasteiger partial charge in [0.1, 0.15) is 11.3 Å². The fourth-order valence-corrected chi connectivity index (χ4v) is 2.74. The molecule has 0 aliphatic carbocycles. The molecular weight excluding hydrogens is 278 g/mol. The van der Waals surface area contributed by atoms with E-state index in [4.69, 9.17) is 16.3 Å². The third-order valence-corrected chi connectivity index (χ3v) is 4.28. The molecule has 20 heavy (non-hydrogen) atoms. The standard InChI is InChI=1S/C14H22ClN3O2/c1-9(2)18-5-6-20-13(8-18)12(19)7-11-10(3)16-17(4)14(11)15/h9,13H,5-8H2,1-4H3. The molecule has 0 amide bonds. The van der Waals surface area contributed by atoms with Crippen molar-refractivity contribution < 1.29 is 9.53 Å². The van der Waals surface area contributed by atoms with E-state index in [1.165, 1.54) is 0 Å². The molecule has 0 aromatic carbocycles. The number of ether oxygens (including phenoxy) is 1. The van der Waals surface area contributed by atoms with Crippen LogP contribution in [0.15, 0.2) is 0 Å². The number of ketones is 1. The Morgan fingerprint density at radius 1 is 1.55 bits per heavy atom. The number of morpholine rings is 1. The number of carbonyl (C=O) groups is 1. The van der Waals surface area contributed by atoms with E-state index in [9.17, 15) is 4.79 Å². The summed E-state index contributed by atoms with van der Waals surface area (Å²) in [5.74, 6) is 0.0772. The van der Waals surface area contributed by atoms with Gasteiger partial charge in [-0.05, 0) is 20.8 Å². The van der Waals surface area contributed by atoms with Gasteiger partial charge in [0.15, 0.2) is 5.78 Å². The molecule has 0 spiro atoms. The molecule has 2 heterocycles. The highest BCUT2D eigenvalue weighted by Gasteiger charge is 2.29. The minimum Gasteiger partial charge on any atom is -0.368 e. The molecule has 0 saturated carbocycles. The second kappa shape index (κ2) is 6.24. The van der Waals surface area contributed by atoms with Crippen molar-refractivity contribution in [3.8, 4) is 0 Å².